The van der Waals surface area contributed by atoms with Crippen molar-refractivity contribution in [3.8, 4) is 50.2 Å². The average Bonchev–Trinajstić information content (AvgIpc) is 3.97. The molecule has 1 aliphatic carbocycles. The Bertz CT molecular complexity index is 4130. The number of hydrogen-bond donors (Lipinski definition) is 0. The lowest BCUT2D eigenvalue weighted by atomic mass is 9.67. The predicted molar refractivity (Wildman–Crippen MR) is 307 cm³/mol. The molecule has 1 heterocycles. The van der Waals surface area contributed by atoms with E-state index < -0.39 is 5.41 Å². The molecule has 1 aliphatic rings. The SMILES string of the molecule is c1ccc(-n2c3ccccc3c3cc(-c4cccc(-c5ccc(N(c6ccc(-c7cccc8ccccc78)cc6)c6ccc7c(c6)C(c6ccccc6)(c6ccccc6)c6ccccc6-7)cc5)c4)ccc32)cc1. The summed E-state index contributed by atoms with van der Waals surface area (Å²) in [6.45, 7) is 0. The van der Waals surface area contributed by atoms with Gasteiger partial charge in [-0.1, -0.05) is 218 Å². The average molecular weight is 929 g/mol. The van der Waals surface area contributed by atoms with E-state index in [1.807, 2.05) is 0 Å². The zero-order chi connectivity index (χ0) is 48.3. The molecule has 0 aliphatic heterocycles. The Morgan fingerprint density at radius 2 is 0.781 bits per heavy atom. The van der Waals surface area contributed by atoms with Gasteiger partial charge in [-0.3, -0.25) is 0 Å². The summed E-state index contributed by atoms with van der Waals surface area (Å²) in [7, 11) is 0. The smallest absolute Gasteiger partial charge is 0.0714 e. The van der Waals surface area contributed by atoms with E-state index >= 15 is 0 Å². The molecule has 0 fully saturated rings. The Labute approximate surface area is 426 Å². The zero-order valence-corrected chi connectivity index (χ0v) is 40.1. The van der Waals surface area contributed by atoms with Crippen LogP contribution in [0.25, 0.3) is 82.8 Å². The number of rotatable bonds is 9. The Balaban J connectivity index is 0.888. The number of anilines is 3. The van der Waals surface area contributed by atoms with Gasteiger partial charge in [-0.15, -0.1) is 0 Å². The zero-order valence-electron chi connectivity index (χ0n) is 40.1. The van der Waals surface area contributed by atoms with Gasteiger partial charge in [-0.05, 0) is 150 Å². The number of nitrogens with zero attached hydrogens (tertiary/aromatic N) is 2. The van der Waals surface area contributed by atoms with Crippen molar-refractivity contribution in [2.45, 2.75) is 5.41 Å². The third-order valence-corrected chi connectivity index (χ3v) is 15.3. The molecular weight excluding hydrogens is 881 g/mol. The van der Waals surface area contributed by atoms with E-state index in [-0.39, 0.29) is 0 Å². The first kappa shape index (κ1) is 42.4. The predicted octanol–water partition coefficient (Wildman–Crippen LogP) is 18.8. The van der Waals surface area contributed by atoms with Crippen LogP contribution in [0.1, 0.15) is 22.3 Å². The minimum atomic E-state index is -0.521. The van der Waals surface area contributed by atoms with Crippen molar-refractivity contribution in [1.29, 1.82) is 0 Å². The van der Waals surface area contributed by atoms with E-state index in [9.17, 15) is 0 Å². The highest BCUT2D eigenvalue weighted by atomic mass is 15.1. The molecule has 2 nitrogen and oxygen atoms in total. The Kier molecular flexibility index (Phi) is 10.1. The molecule has 0 atom stereocenters. The van der Waals surface area contributed by atoms with Gasteiger partial charge in [-0.2, -0.15) is 0 Å². The van der Waals surface area contributed by atoms with E-state index in [2.05, 4.69) is 301 Å². The molecule has 0 radical (unpaired) electrons. The molecule has 0 unspecified atom stereocenters. The van der Waals surface area contributed by atoms with Gasteiger partial charge in [0.1, 0.15) is 0 Å². The van der Waals surface area contributed by atoms with Crippen molar-refractivity contribution in [1.82, 2.24) is 4.57 Å². The molecule has 0 saturated carbocycles. The van der Waals surface area contributed by atoms with Crippen LogP contribution in [0, 0.1) is 0 Å². The summed E-state index contributed by atoms with van der Waals surface area (Å²) in [6.07, 6.45) is 0. The molecule has 0 amide bonds. The number of para-hydroxylation sites is 2. The van der Waals surface area contributed by atoms with Crippen molar-refractivity contribution in [2.75, 3.05) is 4.90 Å². The fraction of sp³-hybridized carbons (Fsp3) is 0.0141. The highest BCUT2D eigenvalue weighted by molar-refractivity contribution is 6.10. The van der Waals surface area contributed by atoms with E-state index in [1.54, 1.807) is 0 Å². The van der Waals surface area contributed by atoms with E-state index in [0.29, 0.717) is 0 Å². The van der Waals surface area contributed by atoms with Crippen molar-refractivity contribution >= 4 is 49.6 Å². The topological polar surface area (TPSA) is 8.17 Å². The number of aromatic nitrogens is 1. The first-order chi connectivity index (χ1) is 36.2. The molecule has 0 bridgehead atoms. The maximum Gasteiger partial charge on any atom is 0.0714 e. The van der Waals surface area contributed by atoms with Crippen LogP contribution in [-0.4, -0.2) is 4.57 Å². The second kappa shape index (κ2) is 17.4. The standard InChI is InChI=1S/C71H48N2/c1-4-22-55(23-5-1)71(56-24-6-2-7-25-56)67-32-14-12-29-63(67)64-44-43-60(48-68(64)71)72(59-41-36-51(37-42-59)62-31-17-19-50-18-10-11-28-61(50)62)58-39-34-49(35-40-58)52-20-16-21-53(46-52)54-38-45-70-66(47-54)65-30-13-15-33-69(65)73(70)57-26-8-3-9-27-57/h1-48H. The molecule has 13 aromatic rings. The summed E-state index contributed by atoms with van der Waals surface area (Å²) in [5, 5.41) is 4.99. The molecule has 2 heteroatoms. The van der Waals surface area contributed by atoms with Crippen molar-refractivity contribution < 1.29 is 0 Å². The van der Waals surface area contributed by atoms with Crippen LogP contribution in [0.4, 0.5) is 17.1 Å². The van der Waals surface area contributed by atoms with Gasteiger partial charge in [0.15, 0.2) is 0 Å². The van der Waals surface area contributed by atoms with Crippen molar-refractivity contribution in [3.63, 3.8) is 0 Å². The normalized spacial score (nSPS) is 12.5. The Morgan fingerprint density at radius 1 is 0.274 bits per heavy atom. The van der Waals surface area contributed by atoms with E-state index in [0.717, 1.165) is 28.3 Å². The maximum atomic E-state index is 2.46. The first-order valence-corrected chi connectivity index (χ1v) is 25.2. The number of fused-ring (bicyclic) bond motifs is 7. The summed E-state index contributed by atoms with van der Waals surface area (Å²) in [5.74, 6) is 0. The first-order valence-electron chi connectivity index (χ1n) is 25.2. The highest BCUT2D eigenvalue weighted by Gasteiger charge is 2.46. The minimum Gasteiger partial charge on any atom is -0.310 e. The van der Waals surface area contributed by atoms with Crippen molar-refractivity contribution in [2.24, 2.45) is 0 Å². The molecule has 0 saturated heterocycles. The number of benzene rings is 12. The monoisotopic (exact) mass is 928 g/mol. The summed E-state index contributed by atoms with van der Waals surface area (Å²) in [5.41, 5.74) is 21.1. The Hall–Kier alpha value is -9.50. The minimum absolute atomic E-state index is 0.521. The second-order valence-corrected chi connectivity index (χ2v) is 19.2. The Morgan fingerprint density at radius 3 is 1.52 bits per heavy atom. The fourth-order valence-corrected chi connectivity index (χ4v) is 12.0. The molecule has 1 aromatic heterocycles. The lowest BCUT2D eigenvalue weighted by molar-refractivity contribution is 0.768. The summed E-state index contributed by atoms with van der Waals surface area (Å²) >= 11 is 0. The van der Waals surface area contributed by atoms with Gasteiger partial charge in [0.05, 0.1) is 16.4 Å². The molecule has 0 spiro atoms. The third kappa shape index (κ3) is 6.94. The molecule has 73 heavy (non-hydrogen) atoms. The molecule has 12 aromatic carbocycles. The molecule has 342 valence electrons. The van der Waals surface area contributed by atoms with Gasteiger partial charge in [0.2, 0.25) is 0 Å². The lowest BCUT2D eigenvalue weighted by Crippen LogP contribution is -2.28. The van der Waals surface area contributed by atoms with Crippen LogP contribution >= 0.6 is 0 Å². The summed E-state index contributed by atoms with van der Waals surface area (Å²) in [4.78, 5) is 2.43. The van der Waals surface area contributed by atoms with Gasteiger partial charge in [-0.25, -0.2) is 0 Å². The van der Waals surface area contributed by atoms with Crippen LogP contribution in [-0.2, 0) is 5.41 Å². The maximum absolute atomic E-state index is 2.46. The fourth-order valence-electron chi connectivity index (χ4n) is 12.0. The van der Waals surface area contributed by atoms with E-state index in [1.165, 1.54) is 93.8 Å². The van der Waals surface area contributed by atoms with Gasteiger partial charge in [0.25, 0.3) is 0 Å². The van der Waals surface area contributed by atoms with Gasteiger partial charge >= 0.3 is 0 Å². The van der Waals surface area contributed by atoms with Crippen LogP contribution in [0.5, 0.6) is 0 Å². The van der Waals surface area contributed by atoms with Gasteiger partial charge in [0, 0.05) is 33.5 Å². The van der Waals surface area contributed by atoms with Crippen molar-refractivity contribution in [3.05, 3.63) is 313 Å². The second-order valence-electron chi connectivity index (χ2n) is 19.2. The van der Waals surface area contributed by atoms with Crippen LogP contribution < -0.4 is 4.90 Å². The van der Waals surface area contributed by atoms with Gasteiger partial charge < -0.3 is 9.47 Å². The number of hydrogen-bond acceptors (Lipinski definition) is 1. The summed E-state index contributed by atoms with van der Waals surface area (Å²) in [6, 6.07) is 107. The summed E-state index contributed by atoms with van der Waals surface area (Å²) < 4.78 is 2.37. The molecule has 14 rings (SSSR count). The van der Waals surface area contributed by atoms with Crippen LogP contribution in [0.15, 0.2) is 291 Å². The highest BCUT2D eigenvalue weighted by Crippen LogP contribution is 2.57. The van der Waals surface area contributed by atoms with Crippen LogP contribution in [0.2, 0.25) is 0 Å². The molecule has 0 N–H and O–H groups in total. The van der Waals surface area contributed by atoms with E-state index in [4.69, 9.17) is 0 Å². The lowest BCUT2D eigenvalue weighted by Gasteiger charge is -2.35. The van der Waals surface area contributed by atoms with Crippen LogP contribution in [0.3, 0.4) is 0 Å². The largest absolute Gasteiger partial charge is 0.310 e. The quantitative estimate of drug-likeness (QED) is 0.140. The molecular formula is C71H48N2. The third-order valence-electron chi connectivity index (χ3n) is 15.3.